The van der Waals surface area contributed by atoms with E-state index in [1.807, 2.05) is 26.8 Å². The van der Waals surface area contributed by atoms with Gasteiger partial charge in [0.2, 0.25) is 0 Å². The van der Waals surface area contributed by atoms with Crippen LogP contribution in [0.25, 0.3) is 0 Å². The summed E-state index contributed by atoms with van der Waals surface area (Å²) in [4.78, 5) is 20.8. The average Bonchev–Trinajstić information content (AvgIpc) is 3.49. The number of esters is 1. The molecule has 4 aliphatic rings. The first-order chi connectivity index (χ1) is 22.2. The highest BCUT2D eigenvalue weighted by Crippen LogP contribution is 2.45. The van der Waals surface area contributed by atoms with Crippen molar-refractivity contribution in [1.29, 1.82) is 0 Å². The van der Waals surface area contributed by atoms with Crippen molar-refractivity contribution in [2.45, 2.75) is 109 Å². The molecule has 0 aliphatic carbocycles. The first kappa shape index (κ1) is 33.3. The quantitative estimate of drug-likeness (QED) is 0.227. The number of carbonyl (C=O) groups is 1. The van der Waals surface area contributed by atoms with E-state index in [4.69, 9.17) is 23.9 Å². The van der Waals surface area contributed by atoms with Crippen LogP contribution in [0.5, 0.6) is 0 Å². The predicted molar refractivity (Wildman–Crippen MR) is 175 cm³/mol. The molecule has 1 aromatic carbocycles. The van der Waals surface area contributed by atoms with Gasteiger partial charge in [0.1, 0.15) is 23.3 Å². The maximum Gasteiger partial charge on any atom is 0.328 e. The van der Waals surface area contributed by atoms with Gasteiger partial charge >= 0.3 is 5.97 Å². The number of unbranched alkanes of at least 4 members (excludes halogenated alkanes) is 1. The lowest BCUT2D eigenvalue weighted by Gasteiger charge is -2.43. The van der Waals surface area contributed by atoms with Gasteiger partial charge in [-0.25, -0.2) is 14.2 Å². The van der Waals surface area contributed by atoms with Crippen molar-refractivity contribution in [2.75, 3.05) is 51.4 Å². The van der Waals surface area contributed by atoms with Crippen LogP contribution in [0.1, 0.15) is 107 Å². The Labute approximate surface area is 273 Å². The van der Waals surface area contributed by atoms with E-state index < -0.39 is 11.6 Å². The molecule has 0 bridgehead atoms. The van der Waals surface area contributed by atoms with Gasteiger partial charge in [0.25, 0.3) is 0 Å². The minimum atomic E-state index is -0.732. The Kier molecular flexibility index (Phi) is 10.6. The molecule has 46 heavy (non-hydrogen) atoms. The summed E-state index contributed by atoms with van der Waals surface area (Å²) in [6.45, 7) is 10.7. The van der Waals surface area contributed by atoms with Crippen LogP contribution in [0.2, 0.25) is 0 Å². The SMILES string of the molecule is CC(C)(C)OC(=O)C(c1cc(F)ccc1C1CCC2(CCOCC2)CO1)N1CCC(OCCCCc2ccc3c(n2)NCCC3)C1. The van der Waals surface area contributed by atoms with Gasteiger partial charge in [-0.1, -0.05) is 12.1 Å². The highest BCUT2D eigenvalue weighted by molar-refractivity contribution is 5.79. The van der Waals surface area contributed by atoms with Crippen molar-refractivity contribution in [3.63, 3.8) is 0 Å². The number of nitrogens with zero attached hydrogens (tertiary/aromatic N) is 2. The van der Waals surface area contributed by atoms with E-state index in [0.29, 0.717) is 31.9 Å². The number of pyridine rings is 1. The second-order valence-electron chi connectivity index (χ2n) is 14.7. The number of hydrogen-bond acceptors (Lipinski definition) is 8. The number of benzene rings is 1. The van der Waals surface area contributed by atoms with Crippen LogP contribution < -0.4 is 5.32 Å². The third-order valence-corrected chi connectivity index (χ3v) is 10.1. The zero-order chi connectivity index (χ0) is 32.1. The van der Waals surface area contributed by atoms with Crippen molar-refractivity contribution in [2.24, 2.45) is 5.41 Å². The number of rotatable bonds is 10. The fourth-order valence-corrected chi connectivity index (χ4v) is 7.51. The molecule has 8 nitrogen and oxygen atoms in total. The Bertz CT molecular complexity index is 1330. The highest BCUT2D eigenvalue weighted by atomic mass is 19.1. The van der Waals surface area contributed by atoms with Gasteiger partial charge in [-0.15, -0.1) is 0 Å². The van der Waals surface area contributed by atoms with Gasteiger partial charge in [0, 0.05) is 45.1 Å². The summed E-state index contributed by atoms with van der Waals surface area (Å²) in [6.07, 6.45) is 9.66. The molecule has 9 heteroatoms. The number of anilines is 1. The van der Waals surface area contributed by atoms with Gasteiger partial charge in [-0.3, -0.25) is 4.90 Å². The van der Waals surface area contributed by atoms with E-state index in [-0.39, 0.29) is 29.4 Å². The second kappa shape index (κ2) is 14.7. The van der Waals surface area contributed by atoms with Gasteiger partial charge in [-0.05, 0) is 125 Å². The molecule has 6 rings (SSSR count). The van der Waals surface area contributed by atoms with Crippen LogP contribution in [0.3, 0.4) is 0 Å². The number of ether oxygens (including phenoxy) is 4. The van der Waals surface area contributed by atoms with Crippen LogP contribution in [0, 0.1) is 11.2 Å². The Morgan fingerprint density at radius 2 is 2.00 bits per heavy atom. The Balaban J connectivity index is 1.09. The highest BCUT2D eigenvalue weighted by Gasteiger charge is 2.42. The Hall–Kier alpha value is -2.59. The summed E-state index contributed by atoms with van der Waals surface area (Å²) in [5, 5.41) is 3.42. The number of aryl methyl sites for hydroxylation is 2. The first-order valence-corrected chi connectivity index (χ1v) is 17.5. The molecule has 0 saturated carbocycles. The van der Waals surface area contributed by atoms with Gasteiger partial charge in [0.15, 0.2) is 0 Å². The fourth-order valence-electron chi connectivity index (χ4n) is 7.51. The molecule has 1 spiro atoms. The number of fused-ring (bicyclic) bond motifs is 1. The summed E-state index contributed by atoms with van der Waals surface area (Å²) < 4.78 is 39.3. The molecule has 1 aromatic heterocycles. The van der Waals surface area contributed by atoms with Crippen molar-refractivity contribution < 1.29 is 28.1 Å². The summed E-state index contributed by atoms with van der Waals surface area (Å²) in [7, 11) is 0. The summed E-state index contributed by atoms with van der Waals surface area (Å²) in [5.41, 5.74) is 3.46. The maximum absolute atomic E-state index is 14.9. The smallest absolute Gasteiger partial charge is 0.328 e. The Morgan fingerprint density at radius 1 is 1.15 bits per heavy atom. The largest absolute Gasteiger partial charge is 0.459 e. The van der Waals surface area contributed by atoms with Crippen molar-refractivity contribution in [3.05, 3.63) is 58.5 Å². The molecular weight excluding hydrogens is 585 g/mol. The molecule has 5 heterocycles. The van der Waals surface area contributed by atoms with Crippen molar-refractivity contribution in [3.8, 4) is 0 Å². The van der Waals surface area contributed by atoms with Crippen LogP contribution >= 0.6 is 0 Å². The van der Waals surface area contributed by atoms with Crippen molar-refractivity contribution in [1.82, 2.24) is 9.88 Å². The zero-order valence-corrected chi connectivity index (χ0v) is 28.0. The number of hydrogen-bond donors (Lipinski definition) is 1. The van der Waals surface area contributed by atoms with Gasteiger partial charge < -0.3 is 24.3 Å². The lowest BCUT2D eigenvalue weighted by atomic mass is 9.74. The topological polar surface area (TPSA) is 82.2 Å². The maximum atomic E-state index is 14.9. The van der Waals surface area contributed by atoms with Crippen molar-refractivity contribution >= 4 is 11.8 Å². The number of nitrogens with one attached hydrogen (secondary N) is 1. The third-order valence-electron chi connectivity index (χ3n) is 10.1. The van der Waals surface area contributed by atoms with E-state index in [0.717, 1.165) is 101 Å². The van der Waals surface area contributed by atoms with E-state index >= 15 is 0 Å². The summed E-state index contributed by atoms with van der Waals surface area (Å²) >= 11 is 0. The zero-order valence-electron chi connectivity index (χ0n) is 28.0. The molecule has 0 radical (unpaired) electrons. The van der Waals surface area contributed by atoms with Gasteiger partial charge in [0.05, 0.1) is 18.8 Å². The molecule has 4 aliphatic heterocycles. The van der Waals surface area contributed by atoms with Crippen LogP contribution in [-0.4, -0.2) is 73.6 Å². The molecule has 0 amide bonds. The first-order valence-electron chi connectivity index (χ1n) is 17.5. The molecule has 2 aromatic rings. The number of aromatic nitrogens is 1. The monoisotopic (exact) mass is 637 g/mol. The second-order valence-corrected chi connectivity index (χ2v) is 14.7. The lowest BCUT2D eigenvalue weighted by Crippen LogP contribution is -2.40. The summed E-state index contributed by atoms with van der Waals surface area (Å²) in [5.74, 6) is 0.328. The fraction of sp³-hybridized carbons (Fsp3) is 0.676. The lowest BCUT2D eigenvalue weighted by molar-refractivity contribution is -0.161. The number of halogens is 1. The van der Waals surface area contributed by atoms with Crippen LogP contribution in [0.15, 0.2) is 30.3 Å². The van der Waals surface area contributed by atoms with Gasteiger partial charge in [-0.2, -0.15) is 0 Å². The predicted octanol–water partition coefficient (Wildman–Crippen LogP) is 6.72. The van der Waals surface area contributed by atoms with E-state index in [2.05, 4.69) is 22.3 Å². The molecule has 3 unspecified atom stereocenters. The molecule has 3 saturated heterocycles. The molecule has 3 fully saturated rings. The number of likely N-dealkylation sites (tertiary alicyclic amines) is 1. The number of carbonyl (C=O) groups excluding carboxylic acids is 1. The van der Waals surface area contributed by atoms with E-state index in [1.165, 1.54) is 17.7 Å². The standard InChI is InChI=1S/C37H52FN3O5/c1-36(2,3)46-35(42)33(31-23-27(38)10-12-30(31)32-13-15-37(25-45-32)16-21-43-22-17-37)41-19-14-29(24-41)44-20-5-4-8-28-11-9-26-7-6-18-39-34(26)40-28/h9-12,23,29,32-33H,4-8,13-22,24-25H2,1-3H3,(H,39,40). The van der Waals surface area contributed by atoms with E-state index in [1.54, 1.807) is 0 Å². The Morgan fingerprint density at radius 3 is 2.78 bits per heavy atom. The van der Waals surface area contributed by atoms with Crippen LogP contribution in [0.4, 0.5) is 10.2 Å². The summed E-state index contributed by atoms with van der Waals surface area (Å²) in [6, 6.07) is 8.45. The molecule has 252 valence electrons. The minimum Gasteiger partial charge on any atom is -0.459 e. The van der Waals surface area contributed by atoms with E-state index in [9.17, 15) is 9.18 Å². The molecule has 3 atom stereocenters. The average molecular weight is 638 g/mol. The molecule has 1 N–H and O–H groups in total. The molecular formula is C37H52FN3O5. The third kappa shape index (κ3) is 8.27. The normalized spacial score (nSPS) is 23.9. The van der Waals surface area contributed by atoms with Crippen LogP contribution in [-0.2, 0) is 36.6 Å². The minimum absolute atomic E-state index is 0.00678.